The van der Waals surface area contributed by atoms with Gasteiger partial charge in [-0.1, -0.05) is 37.3 Å². The SMILES string of the molecule is CC(NC(=O)CCC1CCNC1)C(C)c1ccccc1.Cl. The fourth-order valence-electron chi connectivity index (χ4n) is 2.79. The van der Waals surface area contributed by atoms with Gasteiger partial charge in [0.1, 0.15) is 0 Å². The van der Waals surface area contributed by atoms with Crippen molar-refractivity contribution in [1.29, 1.82) is 0 Å². The minimum absolute atomic E-state index is 0. The molecule has 118 valence electrons. The van der Waals surface area contributed by atoms with Crippen LogP contribution >= 0.6 is 12.4 Å². The van der Waals surface area contributed by atoms with Crippen LogP contribution in [0.3, 0.4) is 0 Å². The number of nitrogens with one attached hydrogen (secondary N) is 2. The summed E-state index contributed by atoms with van der Waals surface area (Å²) in [6.45, 7) is 6.44. The van der Waals surface area contributed by atoms with Crippen molar-refractivity contribution in [2.75, 3.05) is 13.1 Å². The summed E-state index contributed by atoms with van der Waals surface area (Å²) in [6, 6.07) is 10.5. The molecule has 0 bridgehead atoms. The van der Waals surface area contributed by atoms with Crippen molar-refractivity contribution in [3.63, 3.8) is 0 Å². The smallest absolute Gasteiger partial charge is 0.220 e. The number of hydrogen-bond acceptors (Lipinski definition) is 2. The van der Waals surface area contributed by atoms with E-state index >= 15 is 0 Å². The third-order valence-corrected chi connectivity index (χ3v) is 4.41. The Hall–Kier alpha value is -1.06. The molecule has 4 heteroatoms. The number of halogens is 1. The fourth-order valence-corrected chi connectivity index (χ4v) is 2.79. The third-order valence-electron chi connectivity index (χ3n) is 4.41. The molecule has 3 atom stereocenters. The van der Waals surface area contributed by atoms with Gasteiger partial charge in [0.15, 0.2) is 0 Å². The Morgan fingerprint density at radius 3 is 2.67 bits per heavy atom. The van der Waals surface area contributed by atoms with Gasteiger partial charge in [0.2, 0.25) is 5.91 Å². The van der Waals surface area contributed by atoms with Crippen molar-refractivity contribution in [3.05, 3.63) is 35.9 Å². The Balaban J connectivity index is 0.00000220. The van der Waals surface area contributed by atoms with Crippen LogP contribution in [0.2, 0.25) is 0 Å². The van der Waals surface area contributed by atoms with E-state index in [0.717, 1.165) is 19.5 Å². The summed E-state index contributed by atoms with van der Waals surface area (Å²) in [7, 11) is 0. The highest BCUT2D eigenvalue weighted by Gasteiger charge is 2.19. The highest BCUT2D eigenvalue weighted by molar-refractivity contribution is 5.85. The van der Waals surface area contributed by atoms with E-state index in [1.165, 1.54) is 12.0 Å². The average molecular weight is 311 g/mol. The van der Waals surface area contributed by atoms with Gasteiger partial charge in [0, 0.05) is 18.4 Å². The van der Waals surface area contributed by atoms with Gasteiger partial charge < -0.3 is 10.6 Å². The van der Waals surface area contributed by atoms with Gasteiger partial charge in [-0.15, -0.1) is 12.4 Å². The molecule has 0 radical (unpaired) electrons. The standard InChI is InChI=1S/C17H26N2O.ClH/c1-13(16-6-4-3-5-7-16)14(2)19-17(20)9-8-15-10-11-18-12-15;/h3-7,13-15,18H,8-12H2,1-2H3,(H,19,20);1H. The van der Waals surface area contributed by atoms with E-state index in [-0.39, 0.29) is 24.4 Å². The molecule has 2 N–H and O–H groups in total. The highest BCUT2D eigenvalue weighted by atomic mass is 35.5. The van der Waals surface area contributed by atoms with Gasteiger partial charge in [-0.3, -0.25) is 4.79 Å². The zero-order chi connectivity index (χ0) is 14.4. The second-order valence-corrected chi connectivity index (χ2v) is 5.95. The number of benzene rings is 1. The molecule has 1 fully saturated rings. The molecule has 0 spiro atoms. The summed E-state index contributed by atoms with van der Waals surface area (Å²) >= 11 is 0. The van der Waals surface area contributed by atoms with E-state index in [1.807, 2.05) is 18.2 Å². The van der Waals surface area contributed by atoms with Gasteiger partial charge in [-0.2, -0.15) is 0 Å². The van der Waals surface area contributed by atoms with Crippen molar-refractivity contribution in [2.45, 2.75) is 45.1 Å². The maximum Gasteiger partial charge on any atom is 0.220 e. The first-order chi connectivity index (χ1) is 9.66. The van der Waals surface area contributed by atoms with Crippen molar-refractivity contribution in [2.24, 2.45) is 5.92 Å². The third kappa shape index (κ3) is 5.68. The van der Waals surface area contributed by atoms with E-state index < -0.39 is 0 Å². The van der Waals surface area contributed by atoms with Crippen LogP contribution in [0.1, 0.15) is 44.6 Å². The van der Waals surface area contributed by atoms with Crippen LogP contribution in [0, 0.1) is 5.92 Å². The summed E-state index contributed by atoms with van der Waals surface area (Å²) in [5.41, 5.74) is 1.28. The molecule has 1 saturated heterocycles. The minimum Gasteiger partial charge on any atom is -0.353 e. The number of carbonyl (C=O) groups excluding carboxylic acids is 1. The average Bonchev–Trinajstić information content (AvgIpc) is 2.98. The molecule has 3 nitrogen and oxygen atoms in total. The summed E-state index contributed by atoms with van der Waals surface area (Å²) in [6.07, 6.45) is 2.87. The predicted molar refractivity (Wildman–Crippen MR) is 89.9 cm³/mol. The maximum atomic E-state index is 12.0. The summed E-state index contributed by atoms with van der Waals surface area (Å²) in [5.74, 6) is 1.21. The van der Waals surface area contributed by atoms with Crippen molar-refractivity contribution < 1.29 is 4.79 Å². The van der Waals surface area contributed by atoms with Crippen LogP contribution in [0.4, 0.5) is 0 Å². The zero-order valence-electron chi connectivity index (χ0n) is 13.0. The van der Waals surface area contributed by atoms with Crippen molar-refractivity contribution in [3.8, 4) is 0 Å². The first kappa shape index (κ1) is 18.0. The van der Waals surface area contributed by atoms with E-state index in [9.17, 15) is 4.79 Å². The molecule has 1 heterocycles. The highest BCUT2D eigenvalue weighted by Crippen LogP contribution is 2.19. The lowest BCUT2D eigenvalue weighted by molar-refractivity contribution is -0.122. The number of hydrogen-bond donors (Lipinski definition) is 2. The van der Waals surface area contributed by atoms with Gasteiger partial charge >= 0.3 is 0 Å². The molecule has 0 saturated carbocycles. The quantitative estimate of drug-likeness (QED) is 0.847. The monoisotopic (exact) mass is 310 g/mol. The van der Waals surface area contributed by atoms with Gasteiger partial charge in [0.05, 0.1) is 0 Å². The largest absolute Gasteiger partial charge is 0.353 e. The molecule has 1 aliphatic heterocycles. The van der Waals surface area contributed by atoms with Crippen LogP contribution in [0.15, 0.2) is 30.3 Å². The molecular formula is C17H27ClN2O. The molecule has 21 heavy (non-hydrogen) atoms. The number of rotatable bonds is 6. The van der Waals surface area contributed by atoms with E-state index in [2.05, 4.69) is 36.6 Å². The topological polar surface area (TPSA) is 41.1 Å². The second-order valence-electron chi connectivity index (χ2n) is 5.95. The number of amides is 1. The zero-order valence-corrected chi connectivity index (χ0v) is 13.8. The second kappa shape index (κ2) is 9.06. The Bertz CT molecular complexity index is 418. The molecule has 1 aliphatic rings. The van der Waals surface area contributed by atoms with Crippen LogP contribution < -0.4 is 10.6 Å². The van der Waals surface area contributed by atoms with Crippen LogP contribution in [0.5, 0.6) is 0 Å². The molecule has 1 aromatic rings. The lowest BCUT2D eigenvalue weighted by atomic mass is 9.94. The molecule has 1 aromatic carbocycles. The van der Waals surface area contributed by atoms with Crippen LogP contribution in [-0.2, 0) is 4.79 Å². The van der Waals surface area contributed by atoms with Crippen LogP contribution in [-0.4, -0.2) is 25.0 Å². The number of carbonyl (C=O) groups is 1. The molecule has 0 aliphatic carbocycles. The Labute approximate surface area is 134 Å². The Morgan fingerprint density at radius 2 is 2.05 bits per heavy atom. The molecule has 2 rings (SSSR count). The van der Waals surface area contributed by atoms with Gasteiger partial charge in [-0.05, 0) is 44.3 Å². The van der Waals surface area contributed by atoms with E-state index in [0.29, 0.717) is 18.3 Å². The normalized spacial score (nSPS) is 20.4. The fraction of sp³-hybridized carbons (Fsp3) is 0.588. The van der Waals surface area contributed by atoms with Crippen molar-refractivity contribution >= 4 is 18.3 Å². The van der Waals surface area contributed by atoms with Crippen LogP contribution in [0.25, 0.3) is 0 Å². The summed E-state index contributed by atoms with van der Waals surface area (Å²) < 4.78 is 0. The van der Waals surface area contributed by atoms with E-state index in [4.69, 9.17) is 0 Å². The Kier molecular flexibility index (Phi) is 7.76. The molecule has 1 amide bonds. The lowest BCUT2D eigenvalue weighted by Crippen LogP contribution is -2.36. The molecule has 0 aromatic heterocycles. The van der Waals surface area contributed by atoms with Gasteiger partial charge in [0.25, 0.3) is 0 Å². The minimum atomic E-state index is 0. The van der Waals surface area contributed by atoms with E-state index in [1.54, 1.807) is 0 Å². The predicted octanol–water partition coefficient (Wildman–Crippen LogP) is 3.11. The first-order valence-corrected chi connectivity index (χ1v) is 7.72. The molecular weight excluding hydrogens is 284 g/mol. The lowest BCUT2D eigenvalue weighted by Gasteiger charge is -2.22. The summed E-state index contributed by atoms with van der Waals surface area (Å²) in [5, 5.41) is 6.49. The first-order valence-electron chi connectivity index (χ1n) is 7.72. The molecule has 3 unspecified atom stereocenters. The van der Waals surface area contributed by atoms with Gasteiger partial charge in [-0.25, -0.2) is 0 Å². The van der Waals surface area contributed by atoms with Crippen molar-refractivity contribution in [1.82, 2.24) is 10.6 Å². The maximum absolute atomic E-state index is 12.0. The summed E-state index contributed by atoms with van der Waals surface area (Å²) in [4.78, 5) is 12.0. The Morgan fingerprint density at radius 1 is 1.33 bits per heavy atom.